The van der Waals surface area contributed by atoms with Gasteiger partial charge in [0.05, 0.1) is 6.04 Å². The molecule has 14 heavy (non-hydrogen) atoms. The number of carboxylic acids is 1. The van der Waals surface area contributed by atoms with Crippen molar-refractivity contribution in [3.63, 3.8) is 0 Å². The van der Waals surface area contributed by atoms with Crippen molar-refractivity contribution in [2.45, 2.75) is 12.5 Å². The fraction of sp³-hybridized carbons (Fsp3) is 0.375. The third-order valence-corrected chi connectivity index (χ3v) is 1.70. The quantitative estimate of drug-likeness (QED) is 0.487. The maximum Gasteiger partial charge on any atom is 0.328 e. The smallest absolute Gasteiger partial charge is 0.328 e. The van der Waals surface area contributed by atoms with Crippen LogP contribution in [0.2, 0.25) is 0 Å². The van der Waals surface area contributed by atoms with E-state index in [0.29, 0.717) is 6.54 Å². The molecule has 1 unspecified atom stereocenters. The highest BCUT2D eigenvalue weighted by Gasteiger charge is 2.21. The second kappa shape index (κ2) is 4.40. The highest BCUT2D eigenvalue weighted by molar-refractivity contribution is 5.94. The van der Waals surface area contributed by atoms with E-state index in [1.165, 1.54) is 0 Å². The van der Waals surface area contributed by atoms with Gasteiger partial charge in [0.25, 0.3) is 0 Å². The number of carbonyl (C=O) groups excluding carboxylic acids is 2. The van der Waals surface area contributed by atoms with E-state index >= 15 is 0 Å². The summed E-state index contributed by atoms with van der Waals surface area (Å²) >= 11 is 0. The zero-order valence-electron chi connectivity index (χ0n) is 7.32. The number of carboxylic acid groups (broad SMARTS) is 1. The highest BCUT2D eigenvalue weighted by atomic mass is 16.4. The summed E-state index contributed by atoms with van der Waals surface area (Å²) in [5.74, 6) is -1.80. The largest absolute Gasteiger partial charge is 0.478 e. The molecule has 0 aromatic rings. The molecule has 6 heteroatoms. The number of hydrogen-bond donors (Lipinski definition) is 3. The zero-order valence-corrected chi connectivity index (χ0v) is 7.32. The standard InChI is InChI=1S/C8H10N2O4/c11-6(1-2-8(13)14)10-5-3-7(12)9-4-5/h1-2,5H,3-4H2,(H,9,12)(H,10,11)(H,13,14)/b2-1+. The summed E-state index contributed by atoms with van der Waals surface area (Å²) < 4.78 is 0. The Balaban J connectivity index is 2.34. The maximum atomic E-state index is 11.0. The molecule has 1 heterocycles. The normalized spacial score (nSPS) is 20.9. The van der Waals surface area contributed by atoms with Gasteiger partial charge in [0.2, 0.25) is 11.8 Å². The van der Waals surface area contributed by atoms with E-state index < -0.39 is 11.9 Å². The topological polar surface area (TPSA) is 95.5 Å². The van der Waals surface area contributed by atoms with E-state index in [2.05, 4.69) is 10.6 Å². The van der Waals surface area contributed by atoms with Crippen molar-refractivity contribution >= 4 is 17.8 Å². The summed E-state index contributed by atoms with van der Waals surface area (Å²) in [6, 6.07) is -0.242. The first-order valence-corrected chi connectivity index (χ1v) is 4.06. The van der Waals surface area contributed by atoms with E-state index in [-0.39, 0.29) is 18.4 Å². The van der Waals surface area contributed by atoms with Crippen molar-refractivity contribution < 1.29 is 19.5 Å². The summed E-state index contributed by atoms with van der Waals surface area (Å²) in [6.07, 6.45) is 1.91. The maximum absolute atomic E-state index is 11.0. The van der Waals surface area contributed by atoms with Crippen molar-refractivity contribution in [1.29, 1.82) is 0 Å². The molecule has 0 aromatic heterocycles. The fourth-order valence-electron chi connectivity index (χ4n) is 1.10. The molecule has 1 rings (SSSR count). The minimum Gasteiger partial charge on any atom is -0.478 e. The van der Waals surface area contributed by atoms with Crippen molar-refractivity contribution in [2.24, 2.45) is 0 Å². The lowest BCUT2D eigenvalue weighted by molar-refractivity contribution is -0.131. The lowest BCUT2D eigenvalue weighted by Crippen LogP contribution is -2.35. The van der Waals surface area contributed by atoms with Crippen LogP contribution in [0.1, 0.15) is 6.42 Å². The molecule has 0 radical (unpaired) electrons. The monoisotopic (exact) mass is 198 g/mol. The van der Waals surface area contributed by atoms with Crippen LogP contribution >= 0.6 is 0 Å². The molecule has 0 spiro atoms. The van der Waals surface area contributed by atoms with Gasteiger partial charge in [0, 0.05) is 25.1 Å². The molecule has 0 aliphatic carbocycles. The number of hydrogen-bond acceptors (Lipinski definition) is 3. The first kappa shape index (κ1) is 10.2. The minimum absolute atomic E-state index is 0.113. The van der Waals surface area contributed by atoms with Gasteiger partial charge in [-0.3, -0.25) is 9.59 Å². The van der Waals surface area contributed by atoms with Crippen molar-refractivity contribution in [3.05, 3.63) is 12.2 Å². The number of aliphatic carboxylic acids is 1. The van der Waals surface area contributed by atoms with E-state index in [1.807, 2.05) is 0 Å². The molecule has 0 saturated carbocycles. The van der Waals surface area contributed by atoms with Crippen LogP contribution in [0.15, 0.2) is 12.2 Å². The molecule has 2 amide bonds. The molecule has 0 aromatic carbocycles. The third kappa shape index (κ3) is 3.26. The van der Waals surface area contributed by atoms with Gasteiger partial charge >= 0.3 is 5.97 Å². The minimum atomic E-state index is -1.18. The number of nitrogens with one attached hydrogen (secondary N) is 2. The summed E-state index contributed by atoms with van der Waals surface area (Å²) in [4.78, 5) is 31.8. The van der Waals surface area contributed by atoms with Crippen molar-refractivity contribution in [3.8, 4) is 0 Å². The van der Waals surface area contributed by atoms with Gasteiger partial charge in [-0.25, -0.2) is 4.79 Å². The van der Waals surface area contributed by atoms with Crippen molar-refractivity contribution in [1.82, 2.24) is 10.6 Å². The first-order chi connectivity index (χ1) is 6.58. The van der Waals surface area contributed by atoms with Crippen LogP contribution in [0.4, 0.5) is 0 Å². The molecule has 6 nitrogen and oxygen atoms in total. The van der Waals surface area contributed by atoms with Gasteiger partial charge in [0.1, 0.15) is 0 Å². The van der Waals surface area contributed by atoms with Crippen LogP contribution in [-0.4, -0.2) is 35.5 Å². The Morgan fingerprint density at radius 1 is 1.50 bits per heavy atom. The Kier molecular flexibility index (Phi) is 3.22. The predicted molar refractivity (Wildman–Crippen MR) is 46.3 cm³/mol. The summed E-state index contributed by atoms with van der Waals surface area (Å²) in [6.45, 7) is 0.394. The van der Waals surface area contributed by atoms with Crippen molar-refractivity contribution in [2.75, 3.05) is 6.54 Å². The van der Waals surface area contributed by atoms with Crippen LogP contribution in [0.25, 0.3) is 0 Å². The average molecular weight is 198 g/mol. The molecule has 1 saturated heterocycles. The highest BCUT2D eigenvalue weighted by Crippen LogP contribution is 1.98. The molecule has 1 aliphatic rings. The first-order valence-electron chi connectivity index (χ1n) is 4.06. The van der Waals surface area contributed by atoms with Crippen LogP contribution in [-0.2, 0) is 14.4 Å². The summed E-state index contributed by atoms with van der Waals surface area (Å²) in [5.41, 5.74) is 0. The van der Waals surface area contributed by atoms with Gasteiger partial charge in [0.15, 0.2) is 0 Å². The zero-order chi connectivity index (χ0) is 10.6. The van der Waals surface area contributed by atoms with E-state index in [0.717, 1.165) is 12.2 Å². The third-order valence-electron chi connectivity index (χ3n) is 1.70. The molecule has 1 atom stereocenters. The Labute approximate surface area is 80.0 Å². The second-order valence-electron chi connectivity index (χ2n) is 2.89. The number of rotatable bonds is 3. The van der Waals surface area contributed by atoms with Gasteiger partial charge < -0.3 is 15.7 Å². The van der Waals surface area contributed by atoms with Gasteiger partial charge in [-0.2, -0.15) is 0 Å². The molecular formula is C8H10N2O4. The fourth-order valence-corrected chi connectivity index (χ4v) is 1.10. The number of amides is 2. The predicted octanol–water partition coefficient (Wildman–Crippen LogP) is -1.37. The Morgan fingerprint density at radius 3 is 2.71 bits per heavy atom. The molecule has 1 fully saturated rings. The Hall–Kier alpha value is -1.85. The summed E-state index contributed by atoms with van der Waals surface area (Å²) in [7, 11) is 0. The van der Waals surface area contributed by atoms with E-state index in [1.54, 1.807) is 0 Å². The van der Waals surface area contributed by atoms with Gasteiger partial charge in [-0.15, -0.1) is 0 Å². The van der Waals surface area contributed by atoms with Gasteiger partial charge in [-0.05, 0) is 0 Å². The van der Waals surface area contributed by atoms with Crippen LogP contribution < -0.4 is 10.6 Å². The van der Waals surface area contributed by atoms with Gasteiger partial charge in [-0.1, -0.05) is 0 Å². The molecular weight excluding hydrogens is 188 g/mol. The lowest BCUT2D eigenvalue weighted by Gasteiger charge is -2.06. The van der Waals surface area contributed by atoms with Crippen LogP contribution in [0.3, 0.4) is 0 Å². The van der Waals surface area contributed by atoms with E-state index in [9.17, 15) is 14.4 Å². The SMILES string of the molecule is O=C(O)/C=C/C(=O)NC1CNC(=O)C1. The number of carbonyl (C=O) groups is 3. The van der Waals surface area contributed by atoms with E-state index in [4.69, 9.17) is 5.11 Å². The lowest BCUT2D eigenvalue weighted by atomic mass is 10.2. The Bertz CT molecular complexity index is 298. The molecule has 3 N–H and O–H groups in total. The molecule has 1 aliphatic heterocycles. The van der Waals surface area contributed by atoms with Crippen LogP contribution in [0, 0.1) is 0 Å². The molecule has 0 bridgehead atoms. The average Bonchev–Trinajstić information content (AvgIpc) is 2.48. The second-order valence-corrected chi connectivity index (χ2v) is 2.89. The molecule has 76 valence electrons. The van der Waals surface area contributed by atoms with Crippen LogP contribution in [0.5, 0.6) is 0 Å². The summed E-state index contributed by atoms with van der Waals surface area (Å²) in [5, 5.41) is 13.3. The Morgan fingerprint density at radius 2 is 2.21 bits per heavy atom.